The Bertz CT molecular complexity index is 1230. The summed E-state index contributed by atoms with van der Waals surface area (Å²) >= 11 is 6.23. The van der Waals surface area contributed by atoms with E-state index in [-0.39, 0.29) is 29.1 Å². The average Bonchev–Trinajstić information content (AvgIpc) is 3.34. The predicted octanol–water partition coefficient (Wildman–Crippen LogP) is 4.57. The van der Waals surface area contributed by atoms with Crippen molar-refractivity contribution < 1.29 is 13.2 Å². The quantitative estimate of drug-likeness (QED) is 0.529. The number of nitrogens with zero attached hydrogens (tertiary/aromatic N) is 1. The summed E-state index contributed by atoms with van der Waals surface area (Å²) in [7, 11) is -3.59. The van der Waals surface area contributed by atoms with E-state index in [4.69, 9.17) is 11.6 Å². The summed E-state index contributed by atoms with van der Waals surface area (Å²) in [5.74, 6) is -0.297. The van der Waals surface area contributed by atoms with Crippen molar-refractivity contribution in [2.45, 2.75) is 30.7 Å². The summed E-state index contributed by atoms with van der Waals surface area (Å²) in [4.78, 5) is 12.7. The van der Waals surface area contributed by atoms with Gasteiger partial charge in [0.05, 0.1) is 22.2 Å². The van der Waals surface area contributed by atoms with Crippen LogP contribution in [0.15, 0.2) is 65.6 Å². The van der Waals surface area contributed by atoms with E-state index in [0.717, 1.165) is 29.2 Å². The summed E-state index contributed by atoms with van der Waals surface area (Å²) in [6.07, 6.45) is 1.72. The number of sulfonamides is 1. The number of hydrogen-bond donors (Lipinski definition) is 2. The van der Waals surface area contributed by atoms with Gasteiger partial charge in [-0.2, -0.15) is 4.31 Å². The minimum absolute atomic E-state index is 0.0517. The first-order valence-corrected chi connectivity index (χ1v) is 12.5. The summed E-state index contributed by atoms with van der Waals surface area (Å²) in [6, 6.07) is 18.6. The van der Waals surface area contributed by atoms with E-state index in [1.807, 2.05) is 31.2 Å². The number of carbonyl (C=O) groups is 1. The third kappa shape index (κ3) is 4.81. The van der Waals surface area contributed by atoms with Crippen molar-refractivity contribution in [1.82, 2.24) is 9.62 Å². The molecule has 1 amide bonds. The molecule has 1 saturated heterocycles. The molecule has 2 N–H and O–H groups in total. The lowest BCUT2D eigenvalue weighted by Crippen LogP contribution is -2.30. The maximum atomic E-state index is 12.8. The van der Waals surface area contributed by atoms with E-state index < -0.39 is 10.0 Å². The van der Waals surface area contributed by atoms with Crippen LogP contribution in [0.25, 0.3) is 10.8 Å². The third-order valence-electron chi connectivity index (χ3n) is 5.77. The SMILES string of the molecule is C[C@@H](NCC(=O)Nc1cc(S(=O)(=O)N2CCCC2)ccc1Cl)c1cccc2ccccc12. The lowest BCUT2D eigenvalue weighted by Gasteiger charge is -2.18. The molecule has 0 spiro atoms. The topological polar surface area (TPSA) is 78.5 Å². The molecule has 1 fully saturated rings. The van der Waals surface area contributed by atoms with Crippen LogP contribution >= 0.6 is 11.6 Å². The van der Waals surface area contributed by atoms with Crippen LogP contribution in [0, 0.1) is 0 Å². The molecule has 1 aliphatic rings. The number of amides is 1. The minimum atomic E-state index is -3.59. The van der Waals surface area contributed by atoms with Crippen molar-refractivity contribution in [3.63, 3.8) is 0 Å². The molecule has 0 radical (unpaired) electrons. The summed E-state index contributed by atoms with van der Waals surface area (Å²) < 4.78 is 27.1. The van der Waals surface area contributed by atoms with Gasteiger partial charge in [0.15, 0.2) is 0 Å². The molecule has 0 aromatic heterocycles. The molecule has 0 aliphatic carbocycles. The van der Waals surface area contributed by atoms with E-state index >= 15 is 0 Å². The second-order valence-corrected chi connectivity index (χ2v) is 10.3. The van der Waals surface area contributed by atoms with Gasteiger partial charge in [0.2, 0.25) is 15.9 Å². The maximum absolute atomic E-state index is 12.8. The fourth-order valence-corrected chi connectivity index (χ4v) is 5.73. The van der Waals surface area contributed by atoms with E-state index in [1.54, 1.807) is 0 Å². The first kappa shape index (κ1) is 22.7. The number of benzene rings is 3. The van der Waals surface area contributed by atoms with Crippen molar-refractivity contribution >= 4 is 44.0 Å². The van der Waals surface area contributed by atoms with Gasteiger partial charge in [0, 0.05) is 19.1 Å². The normalized spacial score (nSPS) is 15.7. The highest BCUT2D eigenvalue weighted by Crippen LogP contribution is 2.28. The molecular weight excluding hydrogens is 446 g/mol. The van der Waals surface area contributed by atoms with Gasteiger partial charge in [0.25, 0.3) is 0 Å². The van der Waals surface area contributed by atoms with Crippen molar-refractivity contribution in [3.8, 4) is 0 Å². The number of rotatable bonds is 7. The molecule has 6 nitrogen and oxygen atoms in total. The highest BCUT2D eigenvalue weighted by atomic mass is 35.5. The first-order valence-electron chi connectivity index (χ1n) is 10.7. The minimum Gasteiger partial charge on any atom is -0.324 e. The Labute approximate surface area is 193 Å². The number of hydrogen-bond acceptors (Lipinski definition) is 4. The summed E-state index contributed by atoms with van der Waals surface area (Å²) in [6.45, 7) is 3.10. The number of fused-ring (bicyclic) bond motifs is 1. The summed E-state index contributed by atoms with van der Waals surface area (Å²) in [5.41, 5.74) is 1.39. The van der Waals surface area contributed by atoms with Crippen molar-refractivity contribution in [2.24, 2.45) is 0 Å². The van der Waals surface area contributed by atoms with E-state index in [1.165, 1.54) is 22.5 Å². The van der Waals surface area contributed by atoms with Crippen molar-refractivity contribution in [1.29, 1.82) is 0 Å². The molecule has 168 valence electrons. The van der Waals surface area contributed by atoms with Gasteiger partial charge >= 0.3 is 0 Å². The van der Waals surface area contributed by atoms with Gasteiger partial charge in [-0.05, 0) is 54.3 Å². The van der Waals surface area contributed by atoms with Crippen molar-refractivity contribution in [3.05, 3.63) is 71.2 Å². The highest BCUT2D eigenvalue weighted by Gasteiger charge is 2.27. The van der Waals surface area contributed by atoms with Crippen LogP contribution in [0.2, 0.25) is 5.02 Å². The van der Waals surface area contributed by atoms with Crippen LogP contribution in [0.5, 0.6) is 0 Å². The predicted molar refractivity (Wildman–Crippen MR) is 128 cm³/mol. The zero-order valence-electron chi connectivity index (χ0n) is 17.8. The van der Waals surface area contributed by atoms with Crippen LogP contribution in [0.3, 0.4) is 0 Å². The molecule has 4 rings (SSSR count). The molecule has 0 saturated carbocycles. The van der Waals surface area contributed by atoms with Crippen molar-refractivity contribution in [2.75, 3.05) is 25.0 Å². The molecule has 0 unspecified atom stereocenters. The fourth-order valence-electron chi connectivity index (χ4n) is 4.02. The van der Waals surface area contributed by atoms with E-state index in [2.05, 4.69) is 28.8 Å². The molecule has 1 atom stereocenters. The summed E-state index contributed by atoms with van der Waals surface area (Å²) in [5, 5.41) is 8.55. The van der Waals surface area contributed by atoms with Gasteiger partial charge in [-0.15, -0.1) is 0 Å². The lowest BCUT2D eigenvalue weighted by molar-refractivity contribution is -0.115. The molecule has 3 aromatic carbocycles. The molecule has 1 heterocycles. The van der Waals surface area contributed by atoms with Gasteiger partial charge in [-0.1, -0.05) is 54.1 Å². The smallest absolute Gasteiger partial charge is 0.243 e. The van der Waals surface area contributed by atoms with Gasteiger partial charge in [0.1, 0.15) is 0 Å². The fraction of sp³-hybridized carbons (Fsp3) is 0.292. The Morgan fingerprint density at radius 3 is 2.56 bits per heavy atom. The Kier molecular flexibility index (Phi) is 6.81. The van der Waals surface area contributed by atoms with Crippen LogP contribution in [-0.2, 0) is 14.8 Å². The zero-order valence-corrected chi connectivity index (χ0v) is 19.4. The Balaban J connectivity index is 1.44. The molecule has 32 heavy (non-hydrogen) atoms. The van der Waals surface area contributed by atoms with E-state index in [0.29, 0.717) is 18.1 Å². The van der Waals surface area contributed by atoms with Crippen LogP contribution in [0.4, 0.5) is 5.69 Å². The second-order valence-electron chi connectivity index (χ2n) is 7.97. The Morgan fingerprint density at radius 1 is 1.06 bits per heavy atom. The molecule has 3 aromatic rings. The highest BCUT2D eigenvalue weighted by molar-refractivity contribution is 7.89. The molecule has 0 bridgehead atoms. The number of nitrogens with one attached hydrogen (secondary N) is 2. The zero-order chi connectivity index (χ0) is 22.7. The second kappa shape index (κ2) is 9.58. The number of anilines is 1. The standard InChI is InChI=1S/C24H26ClN3O3S/c1-17(20-10-6-8-18-7-2-3-9-21(18)20)26-16-24(29)27-23-15-19(11-12-22(23)25)32(30,31)28-13-4-5-14-28/h2-3,6-12,15,17,26H,4-5,13-14,16H2,1H3,(H,27,29)/t17-/m1/s1. The first-order chi connectivity index (χ1) is 15.4. The molecule has 8 heteroatoms. The van der Waals surface area contributed by atoms with Gasteiger partial charge < -0.3 is 10.6 Å². The van der Waals surface area contributed by atoms with Crippen LogP contribution in [-0.4, -0.2) is 38.3 Å². The number of halogens is 1. The maximum Gasteiger partial charge on any atom is 0.243 e. The van der Waals surface area contributed by atoms with Crippen LogP contribution < -0.4 is 10.6 Å². The third-order valence-corrected chi connectivity index (χ3v) is 8.00. The average molecular weight is 472 g/mol. The van der Waals surface area contributed by atoms with Gasteiger partial charge in [-0.3, -0.25) is 4.79 Å². The monoisotopic (exact) mass is 471 g/mol. The van der Waals surface area contributed by atoms with E-state index in [9.17, 15) is 13.2 Å². The lowest BCUT2D eigenvalue weighted by atomic mass is 10.00. The van der Waals surface area contributed by atoms with Crippen LogP contribution in [0.1, 0.15) is 31.4 Å². The van der Waals surface area contributed by atoms with Gasteiger partial charge in [-0.25, -0.2) is 8.42 Å². The Hall–Kier alpha value is -2.45. The largest absolute Gasteiger partial charge is 0.324 e. The molecule has 1 aliphatic heterocycles. The Morgan fingerprint density at radius 2 is 1.78 bits per heavy atom. The number of carbonyl (C=O) groups excluding carboxylic acids is 1. The molecular formula is C24H26ClN3O3S.